The van der Waals surface area contributed by atoms with Gasteiger partial charge in [-0.3, -0.25) is 0 Å². The van der Waals surface area contributed by atoms with Crippen molar-refractivity contribution in [3.8, 4) is 0 Å². The molecule has 1 atom stereocenters. The van der Waals surface area contributed by atoms with Gasteiger partial charge in [-0.2, -0.15) is 0 Å². The summed E-state index contributed by atoms with van der Waals surface area (Å²) in [4.78, 5) is 3.94. The van der Waals surface area contributed by atoms with Gasteiger partial charge < -0.3 is 0 Å². The molecule has 1 aromatic heterocycles. The number of rotatable bonds is 5. The largest absolute Gasteiger partial charge is 0.245 e. The van der Waals surface area contributed by atoms with Gasteiger partial charge in [0, 0.05) is 6.20 Å². The zero-order valence-corrected chi connectivity index (χ0v) is 11.7. The second-order valence-electron chi connectivity index (χ2n) is 4.47. The van der Waals surface area contributed by atoms with Crippen LogP contribution in [0.4, 0.5) is 0 Å². The van der Waals surface area contributed by atoms with Crippen LogP contribution in [0.25, 0.3) is 0 Å². The third-order valence-corrected chi connectivity index (χ3v) is 4.86. The van der Waals surface area contributed by atoms with Crippen LogP contribution in [-0.4, -0.2) is 19.2 Å². The Morgan fingerprint density at radius 1 is 1.05 bits per heavy atom. The highest BCUT2D eigenvalue weighted by molar-refractivity contribution is 7.91. The smallest absolute Gasteiger partial charge is 0.196 e. The van der Waals surface area contributed by atoms with E-state index in [9.17, 15) is 8.42 Å². The van der Waals surface area contributed by atoms with Crippen LogP contribution in [0.2, 0.25) is 0 Å². The zero-order valence-electron chi connectivity index (χ0n) is 10.9. The van der Waals surface area contributed by atoms with Crippen molar-refractivity contribution in [3.05, 3.63) is 60.3 Å². The maximum Gasteiger partial charge on any atom is 0.196 e. The zero-order chi connectivity index (χ0) is 13.7. The number of aromatic nitrogens is 1. The molecule has 0 N–H and O–H groups in total. The van der Waals surface area contributed by atoms with E-state index in [1.54, 1.807) is 18.2 Å². The lowest BCUT2D eigenvalue weighted by Crippen LogP contribution is -2.15. The summed E-state index contributed by atoms with van der Waals surface area (Å²) < 4.78 is 24.6. The Balaban J connectivity index is 2.24. The summed E-state index contributed by atoms with van der Waals surface area (Å²) in [7, 11) is -3.33. The SMILES string of the molecule is CC[C@@H](CS(=O)(=O)c1ccccn1)c1ccccc1. The molecule has 0 fully saturated rings. The number of benzene rings is 1. The van der Waals surface area contributed by atoms with E-state index in [1.807, 2.05) is 37.3 Å². The Kier molecular flexibility index (Phi) is 4.32. The van der Waals surface area contributed by atoms with E-state index in [4.69, 9.17) is 0 Å². The van der Waals surface area contributed by atoms with Crippen molar-refractivity contribution in [2.24, 2.45) is 0 Å². The van der Waals surface area contributed by atoms with E-state index >= 15 is 0 Å². The topological polar surface area (TPSA) is 47.0 Å². The second-order valence-corrected chi connectivity index (χ2v) is 6.45. The molecule has 0 aliphatic rings. The van der Waals surface area contributed by atoms with Crippen molar-refractivity contribution in [2.45, 2.75) is 24.3 Å². The third-order valence-electron chi connectivity index (χ3n) is 3.14. The number of nitrogens with zero attached hydrogens (tertiary/aromatic N) is 1. The van der Waals surface area contributed by atoms with Crippen molar-refractivity contribution >= 4 is 9.84 Å². The highest BCUT2D eigenvalue weighted by Crippen LogP contribution is 2.23. The van der Waals surface area contributed by atoms with Crippen LogP contribution in [0.3, 0.4) is 0 Å². The molecule has 3 nitrogen and oxygen atoms in total. The molecular weight excluding hydrogens is 258 g/mol. The van der Waals surface area contributed by atoms with Crippen molar-refractivity contribution < 1.29 is 8.42 Å². The molecule has 100 valence electrons. The van der Waals surface area contributed by atoms with Gasteiger partial charge in [0.2, 0.25) is 0 Å². The van der Waals surface area contributed by atoms with Crippen LogP contribution < -0.4 is 0 Å². The predicted octanol–water partition coefficient (Wildman–Crippen LogP) is 3.05. The van der Waals surface area contributed by atoms with Gasteiger partial charge in [-0.1, -0.05) is 43.3 Å². The molecule has 0 aliphatic carbocycles. The fourth-order valence-electron chi connectivity index (χ4n) is 2.06. The van der Waals surface area contributed by atoms with Gasteiger partial charge in [0.25, 0.3) is 0 Å². The fourth-order valence-corrected chi connectivity index (χ4v) is 3.69. The van der Waals surface area contributed by atoms with Crippen LogP contribution >= 0.6 is 0 Å². The molecule has 0 saturated carbocycles. The first-order valence-corrected chi connectivity index (χ1v) is 7.97. The summed E-state index contributed by atoms with van der Waals surface area (Å²) in [6.07, 6.45) is 2.30. The lowest BCUT2D eigenvalue weighted by Gasteiger charge is -2.15. The average Bonchev–Trinajstić information content (AvgIpc) is 2.47. The standard InChI is InChI=1S/C15H17NO2S/c1-2-13(14-8-4-3-5-9-14)12-19(17,18)15-10-6-7-11-16-15/h3-11,13H,2,12H2,1H3/t13-/m0/s1. The van der Waals surface area contributed by atoms with Crippen molar-refractivity contribution in [1.29, 1.82) is 0 Å². The van der Waals surface area contributed by atoms with Gasteiger partial charge in [0.05, 0.1) is 5.75 Å². The highest BCUT2D eigenvalue weighted by atomic mass is 32.2. The minimum atomic E-state index is -3.33. The number of hydrogen-bond donors (Lipinski definition) is 0. The Bertz CT molecular complexity index is 609. The molecule has 0 bridgehead atoms. The number of hydrogen-bond acceptors (Lipinski definition) is 3. The van der Waals surface area contributed by atoms with E-state index < -0.39 is 9.84 Å². The van der Waals surface area contributed by atoms with Gasteiger partial charge in [-0.25, -0.2) is 13.4 Å². The first kappa shape index (κ1) is 13.7. The molecule has 0 saturated heterocycles. The normalized spacial score (nSPS) is 13.1. The van der Waals surface area contributed by atoms with E-state index in [0.29, 0.717) is 0 Å². The first-order chi connectivity index (χ1) is 9.13. The monoisotopic (exact) mass is 275 g/mol. The maximum atomic E-state index is 12.3. The molecule has 2 aromatic rings. The minimum absolute atomic E-state index is 0.00760. The first-order valence-electron chi connectivity index (χ1n) is 6.32. The van der Waals surface area contributed by atoms with Crippen LogP contribution in [0, 0.1) is 0 Å². The Labute approximate surface area is 114 Å². The molecule has 0 aliphatic heterocycles. The van der Waals surface area contributed by atoms with E-state index in [2.05, 4.69) is 4.98 Å². The van der Waals surface area contributed by atoms with E-state index in [-0.39, 0.29) is 16.7 Å². The average molecular weight is 275 g/mol. The molecule has 0 radical (unpaired) electrons. The highest BCUT2D eigenvalue weighted by Gasteiger charge is 2.22. The lowest BCUT2D eigenvalue weighted by molar-refractivity contribution is 0.581. The Hall–Kier alpha value is -1.68. The molecule has 1 heterocycles. The van der Waals surface area contributed by atoms with Crippen molar-refractivity contribution in [3.63, 3.8) is 0 Å². The predicted molar refractivity (Wildman–Crippen MR) is 75.8 cm³/mol. The Morgan fingerprint density at radius 3 is 2.32 bits per heavy atom. The fraction of sp³-hybridized carbons (Fsp3) is 0.267. The van der Waals surface area contributed by atoms with Crippen molar-refractivity contribution in [1.82, 2.24) is 4.98 Å². The van der Waals surface area contributed by atoms with Crippen LogP contribution in [0.1, 0.15) is 24.8 Å². The maximum absolute atomic E-state index is 12.3. The third kappa shape index (κ3) is 3.41. The summed E-state index contributed by atoms with van der Waals surface area (Å²) in [6.45, 7) is 2.01. The molecule has 0 spiro atoms. The van der Waals surface area contributed by atoms with Crippen LogP contribution in [0.15, 0.2) is 59.8 Å². The van der Waals surface area contributed by atoms with E-state index in [0.717, 1.165) is 12.0 Å². The molecule has 2 rings (SSSR count). The van der Waals surface area contributed by atoms with Crippen molar-refractivity contribution in [2.75, 3.05) is 5.75 Å². The second kappa shape index (κ2) is 5.97. The Morgan fingerprint density at radius 2 is 1.74 bits per heavy atom. The molecule has 1 aromatic carbocycles. The van der Waals surface area contributed by atoms with Crippen LogP contribution in [-0.2, 0) is 9.84 Å². The quantitative estimate of drug-likeness (QED) is 0.842. The van der Waals surface area contributed by atoms with Gasteiger partial charge >= 0.3 is 0 Å². The van der Waals surface area contributed by atoms with Gasteiger partial charge in [0.15, 0.2) is 14.9 Å². The molecule has 19 heavy (non-hydrogen) atoms. The molecule has 4 heteroatoms. The minimum Gasteiger partial charge on any atom is -0.245 e. The van der Waals surface area contributed by atoms with Crippen LogP contribution in [0.5, 0.6) is 0 Å². The number of pyridine rings is 1. The van der Waals surface area contributed by atoms with Gasteiger partial charge in [-0.05, 0) is 30.0 Å². The summed E-state index contributed by atoms with van der Waals surface area (Å²) in [5.74, 6) is 0.109. The van der Waals surface area contributed by atoms with Gasteiger partial charge in [0.1, 0.15) is 0 Å². The lowest BCUT2D eigenvalue weighted by atomic mass is 9.99. The summed E-state index contributed by atoms with van der Waals surface area (Å²) in [5.41, 5.74) is 1.06. The van der Waals surface area contributed by atoms with Gasteiger partial charge in [-0.15, -0.1) is 0 Å². The summed E-state index contributed by atoms with van der Waals surface area (Å²) in [5, 5.41) is 0.157. The van der Waals surface area contributed by atoms with E-state index in [1.165, 1.54) is 6.20 Å². The summed E-state index contributed by atoms with van der Waals surface area (Å²) >= 11 is 0. The number of sulfone groups is 1. The molecule has 0 amide bonds. The summed E-state index contributed by atoms with van der Waals surface area (Å²) in [6, 6.07) is 14.7. The molecular formula is C15H17NO2S. The molecule has 0 unspecified atom stereocenters.